The Hall–Kier alpha value is -2.38. The van der Waals surface area contributed by atoms with Crippen LogP contribution < -0.4 is 5.48 Å². The summed E-state index contributed by atoms with van der Waals surface area (Å²) in [5.74, 6) is -0.568. The van der Waals surface area contributed by atoms with Crippen LogP contribution in [-0.4, -0.2) is 33.0 Å². The van der Waals surface area contributed by atoms with E-state index in [1.807, 2.05) is 32.3 Å². The van der Waals surface area contributed by atoms with Crippen LogP contribution in [0.25, 0.3) is 5.57 Å². The van der Waals surface area contributed by atoms with Gasteiger partial charge in [0.2, 0.25) is 0 Å². The molecule has 0 saturated carbocycles. The Balaban J connectivity index is 1.94. The van der Waals surface area contributed by atoms with E-state index in [9.17, 15) is 9.59 Å². The van der Waals surface area contributed by atoms with Crippen LogP contribution in [0.4, 0.5) is 0 Å². The van der Waals surface area contributed by atoms with E-state index in [2.05, 4.69) is 0 Å². The molecule has 6 nitrogen and oxygen atoms in total. The summed E-state index contributed by atoms with van der Waals surface area (Å²) in [6.45, 7) is 2.88. The van der Waals surface area contributed by atoms with Gasteiger partial charge in [0, 0.05) is 31.2 Å². The average Bonchev–Trinajstić information content (AvgIpc) is 3.18. The summed E-state index contributed by atoms with van der Waals surface area (Å²) in [7, 11) is 1.84. The van der Waals surface area contributed by atoms with E-state index in [0.717, 1.165) is 16.0 Å². The summed E-state index contributed by atoms with van der Waals surface area (Å²) >= 11 is 1.33. The SMILES string of the molecule is C/C=C1\CN(C(=O)c2cccn2C)Cc2cc(C(=O)NO)sc21. The summed E-state index contributed by atoms with van der Waals surface area (Å²) in [6, 6.07) is 5.37. The van der Waals surface area contributed by atoms with Crippen LogP contribution in [0.3, 0.4) is 0 Å². The van der Waals surface area contributed by atoms with E-state index in [0.29, 0.717) is 23.7 Å². The minimum Gasteiger partial charge on any atom is -0.347 e. The zero-order chi connectivity index (χ0) is 16.6. The van der Waals surface area contributed by atoms with E-state index in [-0.39, 0.29) is 5.91 Å². The Morgan fingerprint density at radius 2 is 2.17 bits per heavy atom. The molecule has 0 spiro atoms. The molecule has 120 valence electrons. The first-order chi connectivity index (χ1) is 11.0. The van der Waals surface area contributed by atoms with Gasteiger partial charge in [0.1, 0.15) is 5.69 Å². The molecule has 2 amide bonds. The third kappa shape index (κ3) is 2.69. The number of aromatic nitrogens is 1. The first-order valence-corrected chi connectivity index (χ1v) is 8.00. The van der Waals surface area contributed by atoms with Crippen molar-refractivity contribution in [2.75, 3.05) is 6.54 Å². The molecule has 0 atom stereocenters. The molecule has 23 heavy (non-hydrogen) atoms. The van der Waals surface area contributed by atoms with Crippen LogP contribution in [0.15, 0.2) is 30.5 Å². The van der Waals surface area contributed by atoms with Crippen molar-refractivity contribution in [1.29, 1.82) is 0 Å². The second-order valence-electron chi connectivity index (χ2n) is 5.39. The first kappa shape index (κ1) is 15.5. The van der Waals surface area contributed by atoms with Gasteiger partial charge in [-0.25, -0.2) is 5.48 Å². The number of allylic oxidation sites excluding steroid dienone is 1. The number of hydroxylamine groups is 1. The van der Waals surface area contributed by atoms with Crippen LogP contribution in [0, 0.1) is 0 Å². The maximum atomic E-state index is 12.7. The lowest BCUT2D eigenvalue weighted by atomic mass is 10.0. The maximum Gasteiger partial charge on any atom is 0.284 e. The Morgan fingerprint density at radius 1 is 1.39 bits per heavy atom. The lowest BCUT2D eigenvalue weighted by molar-refractivity contribution is 0.0711. The number of nitrogens with zero attached hydrogens (tertiary/aromatic N) is 2. The molecule has 0 unspecified atom stereocenters. The molecule has 1 aliphatic rings. The molecular formula is C16H17N3O3S. The number of carbonyl (C=O) groups excluding carboxylic acids is 2. The number of amides is 2. The summed E-state index contributed by atoms with van der Waals surface area (Å²) in [5.41, 5.74) is 4.22. The normalized spacial score (nSPS) is 15.6. The standard InChI is InChI=1S/C16H17N3O3S/c1-3-10-8-19(16(21)12-5-4-6-18(12)2)9-11-7-13(15(20)17-22)23-14(10)11/h3-7,22H,8-9H2,1-2H3,(H,17,20)/b10-3+. The molecule has 1 aliphatic heterocycles. The van der Waals surface area contributed by atoms with Crippen molar-refractivity contribution >= 4 is 28.7 Å². The fraction of sp³-hybridized carbons (Fsp3) is 0.250. The van der Waals surface area contributed by atoms with Gasteiger partial charge in [-0.3, -0.25) is 14.8 Å². The van der Waals surface area contributed by atoms with Crippen molar-refractivity contribution in [2.24, 2.45) is 7.05 Å². The van der Waals surface area contributed by atoms with Crippen molar-refractivity contribution < 1.29 is 14.8 Å². The minimum absolute atomic E-state index is 0.0399. The quantitative estimate of drug-likeness (QED) is 0.655. The fourth-order valence-electron chi connectivity index (χ4n) is 2.74. The lowest BCUT2D eigenvalue weighted by Gasteiger charge is -2.29. The highest BCUT2D eigenvalue weighted by atomic mass is 32.1. The fourth-order valence-corrected chi connectivity index (χ4v) is 3.86. The molecule has 7 heteroatoms. The van der Waals surface area contributed by atoms with Crippen molar-refractivity contribution in [1.82, 2.24) is 14.9 Å². The number of carbonyl (C=O) groups is 2. The highest BCUT2D eigenvalue weighted by molar-refractivity contribution is 7.15. The summed E-state index contributed by atoms with van der Waals surface area (Å²) in [4.78, 5) is 27.5. The van der Waals surface area contributed by atoms with Gasteiger partial charge in [0.15, 0.2) is 0 Å². The summed E-state index contributed by atoms with van der Waals surface area (Å²) in [6.07, 6.45) is 3.80. The van der Waals surface area contributed by atoms with E-state index >= 15 is 0 Å². The average molecular weight is 331 g/mol. The van der Waals surface area contributed by atoms with Gasteiger partial charge >= 0.3 is 0 Å². The van der Waals surface area contributed by atoms with Crippen LogP contribution in [0.1, 0.15) is 37.5 Å². The molecule has 2 N–H and O–H groups in total. The molecule has 0 radical (unpaired) electrons. The second-order valence-corrected chi connectivity index (χ2v) is 6.44. The first-order valence-electron chi connectivity index (χ1n) is 7.18. The van der Waals surface area contributed by atoms with E-state index in [1.54, 1.807) is 27.1 Å². The van der Waals surface area contributed by atoms with Crippen molar-refractivity contribution in [3.05, 3.63) is 51.5 Å². The van der Waals surface area contributed by atoms with E-state index in [4.69, 9.17) is 5.21 Å². The molecule has 3 rings (SSSR count). The van der Waals surface area contributed by atoms with Crippen molar-refractivity contribution in [3.8, 4) is 0 Å². The highest BCUT2D eigenvalue weighted by Gasteiger charge is 2.28. The molecule has 2 aromatic rings. The predicted molar refractivity (Wildman–Crippen MR) is 87.4 cm³/mol. The topological polar surface area (TPSA) is 74.6 Å². The predicted octanol–water partition coefficient (Wildman–Crippen LogP) is 2.26. The maximum absolute atomic E-state index is 12.7. The van der Waals surface area contributed by atoms with Crippen LogP contribution in [0.5, 0.6) is 0 Å². The highest BCUT2D eigenvalue weighted by Crippen LogP contribution is 2.35. The zero-order valence-corrected chi connectivity index (χ0v) is 13.7. The number of thiophene rings is 1. The molecule has 3 heterocycles. The number of nitrogens with one attached hydrogen (secondary N) is 1. The van der Waals surface area contributed by atoms with Crippen molar-refractivity contribution in [2.45, 2.75) is 13.5 Å². The molecule has 0 aliphatic carbocycles. The van der Waals surface area contributed by atoms with Crippen molar-refractivity contribution in [3.63, 3.8) is 0 Å². The lowest BCUT2D eigenvalue weighted by Crippen LogP contribution is -2.35. The molecular weight excluding hydrogens is 314 g/mol. The van der Waals surface area contributed by atoms with Gasteiger partial charge in [-0.05, 0) is 36.3 Å². The monoisotopic (exact) mass is 331 g/mol. The number of hydrogen-bond donors (Lipinski definition) is 2. The van der Waals surface area contributed by atoms with Gasteiger partial charge in [0.25, 0.3) is 11.8 Å². The summed E-state index contributed by atoms with van der Waals surface area (Å²) < 4.78 is 1.80. The Morgan fingerprint density at radius 3 is 2.78 bits per heavy atom. The van der Waals surface area contributed by atoms with Crippen LogP contribution in [0.2, 0.25) is 0 Å². The molecule has 2 aromatic heterocycles. The molecule has 0 fully saturated rings. The Kier molecular flexibility index (Phi) is 4.06. The van der Waals surface area contributed by atoms with Gasteiger partial charge in [-0.1, -0.05) is 6.08 Å². The Bertz CT molecular complexity index is 803. The van der Waals surface area contributed by atoms with Gasteiger partial charge < -0.3 is 9.47 Å². The van der Waals surface area contributed by atoms with Crippen LogP contribution in [-0.2, 0) is 13.6 Å². The number of fused-ring (bicyclic) bond motifs is 1. The van der Waals surface area contributed by atoms with Gasteiger partial charge in [-0.2, -0.15) is 0 Å². The zero-order valence-electron chi connectivity index (χ0n) is 12.9. The molecule has 0 bridgehead atoms. The molecule has 0 aromatic carbocycles. The second kappa shape index (κ2) is 6.02. The molecule has 0 saturated heterocycles. The minimum atomic E-state index is -0.528. The number of hydrogen-bond acceptors (Lipinski definition) is 4. The third-order valence-electron chi connectivity index (χ3n) is 3.95. The summed E-state index contributed by atoms with van der Waals surface area (Å²) in [5, 5.41) is 8.79. The van der Waals surface area contributed by atoms with E-state index < -0.39 is 5.91 Å². The van der Waals surface area contributed by atoms with E-state index in [1.165, 1.54) is 11.3 Å². The van der Waals surface area contributed by atoms with Gasteiger partial charge in [-0.15, -0.1) is 11.3 Å². The largest absolute Gasteiger partial charge is 0.347 e. The van der Waals surface area contributed by atoms with Gasteiger partial charge in [0.05, 0.1) is 4.88 Å². The Labute approximate surface area is 137 Å². The van der Waals surface area contributed by atoms with Crippen LogP contribution >= 0.6 is 11.3 Å². The number of aryl methyl sites for hydroxylation is 1. The third-order valence-corrected chi connectivity index (χ3v) is 5.20. The number of rotatable bonds is 2. The smallest absolute Gasteiger partial charge is 0.284 e.